The Labute approximate surface area is 87.5 Å². The van der Waals surface area contributed by atoms with Crippen molar-refractivity contribution in [2.75, 3.05) is 0 Å². The molecule has 3 heteroatoms. The van der Waals surface area contributed by atoms with Crippen molar-refractivity contribution in [3.05, 3.63) is 51.6 Å². The summed E-state index contributed by atoms with van der Waals surface area (Å²) >= 11 is 0. The fourth-order valence-corrected chi connectivity index (χ4v) is 1.77. The van der Waals surface area contributed by atoms with Crippen LogP contribution in [0.3, 0.4) is 0 Å². The fourth-order valence-electron chi connectivity index (χ4n) is 1.77. The van der Waals surface area contributed by atoms with Crippen molar-refractivity contribution < 1.29 is 4.92 Å². The van der Waals surface area contributed by atoms with Gasteiger partial charge in [0, 0.05) is 6.07 Å². The lowest BCUT2D eigenvalue weighted by Gasteiger charge is -2.02. The lowest BCUT2D eigenvalue weighted by Crippen LogP contribution is -1.91. The maximum Gasteiger partial charge on any atom is 0.277 e. The lowest BCUT2D eigenvalue weighted by atomic mass is 10.0. The van der Waals surface area contributed by atoms with E-state index in [-0.39, 0.29) is 10.6 Å². The maximum absolute atomic E-state index is 10.9. The Hall–Kier alpha value is -1.90. The van der Waals surface area contributed by atoms with E-state index in [2.05, 4.69) is 0 Å². The SMILES string of the molecule is Cc1ccc2c([N+](=O)[O-])cc(C)cc2c1. The summed E-state index contributed by atoms with van der Waals surface area (Å²) in [7, 11) is 0. The van der Waals surface area contributed by atoms with Crippen LogP contribution in [0.5, 0.6) is 0 Å². The maximum atomic E-state index is 10.9. The number of aryl methyl sites for hydroxylation is 2. The Kier molecular flexibility index (Phi) is 2.15. The third-order valence-corrected chi connectivity index (χ3v) is 2.43. The molecular weight excluding hydrogens is 190 g/mol. The van der Waals surface area contributed by atoms with Crippen LogP contribution in [-0.4, -0.2) is 4.92 Å². The molecule has 0 aromatic heterocycles. The van der Waals surface area contributed by atoms with Crippen LogP contribution in [0.4, 0.5) is 5.69 Å². The highest BCUT2D eigenvalue weighted by molar-refractivity contribution is 5.91. The Morgan fingerprint density at radius 3 is 2.40 bits per heavy atom. The van der Waals surface area contributed by atoms with E-state index in [1.807, 2.05) is 38.1 Å². The topological polar surface area (TPSA) is 43.1 Å². The molecular formula is C12H11NO2. The van der Waals surface area contributed by atoms with Gasteiger partial charge in [0.05, 0.1) is 10.3 Å². The van der Waals surface area contributed by atoms with Crippen molar-refractivity contribution in [1.82, 2.24) is 0 Å². The number of fused-ring (bicyclic) bond motifs is 1. The zero-order valence-corrected chi connectivity index (χ0v) is 8.65. The van der Waals surface area contributed by atoms with Crippen LogP contribution in [-0.2, 0) is 0 Å². The molecule has 3 nitrogen and oxygen atoms in total. The van der Waals surface area contributed by atoms with E-state index in [1.54, 1.807) is 6.07 Å². The molecule has 0 fully saturated rings. The third kappa shape index (κ3) is 1.68. The molecule has 0 heterocycles. The van der Waals surface area contributed by atoms with Crippen LogP contribution >= 0.6 is 0 Å². The van der Waals surface area contributed by atoms with Gasteiger partial charge in [0.1, 0.15) is 0 Å². The fraction of sp³-hybridized carbons (Fsp3) is 0.167. The second-order valence-corrected chi connectivity index (χ2v) is 3.77. The first-order valence-electron chi connectivity index (χ1n) is 4.73. The molecule has 0 bridgehead atoms. The van der Waals surface area contributed by atoms with Crippen LogP contribution in [0, 0.1) is 24.0 Å². The molecule has 0 aliphatic rings. The first-order valence-corrected chi connectivity index (χ1v) is 4.73. The minimum absolute atomic E-state index is 0.185. The standard InChI is InChI=1S/C12H11NO2/c1-8-3-4-11-10(5-8)6-9(2)7-12(11)13(14)15/h3-7H,1-2H3. The van der Waals surface area contributed by atoms with Crippen molar-refractivity contribution in [2.24, 2.45) is 0 Å². The van der Waals surface area contributed by atoms with Gasteiger partial charge in [0.2, 0.25) is 0 Å². The highest BCUT2D eigenvalue weighted by atomic mass is 16.6. The summed E-state index contributed by atoms with van der Waals surface area (Å²) in [5.74, 6) is 0. The molecule has 0 aliphatic carbocycles. The normalized spacial score (nSPS) is 10.5. The molecule has 0 radical (unpaired) electrons. The van der Waals surface area contributed by atoms with E-state index in [4.69, 9.17) is 0 Å². The molecule has 0 N–H and O–H groups in total. The molecule has 0 atom stereocenters. The van der Waals surface area contributed by atoms with Gasteiger partial charge in [-0.05, 0) is 30.9 Å². The number of non-ortho nitro benzene ring substituents is 1. The quantitative estimate of drug-likeness (QED) is 0.524. The molecule has 0 spiro atoms. The number of nitrogens with zero attached hydrogens (tertiary/aromatic N) is 1. The van der Waals surface area contributed by atoms with Gasteiger partial charge in [0.15, 0.2) is 0 Å². The molecule has 0 saturated heterocycles. The average Bonchev–Trinajstić information content (AvgIpc) is 2.15. The second kappa shape index (κ2) is 3.35. The van der Waals surface area contributed by atoms with Crippen molar-refractivity contribution in [2.45, 2.75) is 13.8 Å². The van der Waals surface area contributed by atoms with Gasteiger partial charge in [-0.15, -0.1) is 0 Å². The van der Waals surface area contributed by atoms with Gasteiger partial charge in [-0.3, -0.25) is 10.1 Å². The molecule has 2 rings (SSSR count). The first kappa shape index (κ1) is 9.65. The molecule has 0 amide bonds. The second-order valence-electron chi connectivity index (χ2n) is 3.77. The molecule has 2 aromatic carbocycles. The van der Waals surface area contributed by atoms with E-state index in [0.717, 1.165) is 16.5 Å². The zero-order chi connectivity index (χ0) is 11.0. The summed E-state index contributed by atoms with van der Waals surface area (Å²) in [5.41, 5.74) is 2.21. The predicted molar refractivity (Wildman–Crippen MR) is 60.1 cm³/mol. The van der Waals surface area contributed by atoms with Gasteiger partial charge in [-0.2, -0.15) is 0 Å². The number of rotatable bonds is 1. The van der Waals surface area contributed by atoms with Crippen molar-refractivity contribution in [3.63, 3.8) is 0 Å². The summed E-state index contributed by atoms with van der Waals surface area (Å²) in [6.45, 7) is 3.85. The molecule has 76 valence electrons. The number of nitro benzene ring substituents is 1. The number of hydrogen-bond acceptors (Lipinski definition) is 2. The summed E-state index contributed by atoms with van der Waals surface area (Å²) < 4.78 is 0. The summed E-state index contributed by atoms with van der Waals surface area (Å²) in [6, 6.07) is 9.25. The molecule has 0 saturated carbocycles. The van der Waals surface area contributed by atoms with Gasteiger partial charge in [-0.1, -0.05) is 23.8 Å². The van der Waals surface area contributed by atoms with Gasteiger partial charge in [-0.25, -0.2) is 0 Å². The minimum atomic E-state index is -0.329. The monoisotopic (exact) mass is 201 g/mol. The summed E-state index contributed by atoms with van der Waals surface area (Å²) in [4.78, 5) is 10.5. The van der Waals surface area contributed by atoms with Crippen molar-refractivity contribution >= 4 is 16.5 Å². The number of hydrogen-bond donors (Lipinski definition) is 0. The largest absolute Gasteiger partial charge is 0.277 e. The van der Waals surface area contributed by atoms with Crippen LogP contribution in [0.25, 0.3) is 10.8 Å². The summed E-state index contributed by atoms with van der Waals surface area (Å²) in [5, 5.41) is 12.5. The van der Waals surface area contributed by atoms with Gasteiger partial charge >= 0.3 is 0 Å². The van der Waals surface area contributed by atoms with Crippen LogP contribution in [0.2, 0.25) is 0 Å². The third-order valence-electron chi connectivity index (χ3n) is 2.43. The van der Waals surface area contributed by atoms with E-state index >= 15 is 0 Å². The van der Waals surface area contributed by atoms with Crippen LogP contribution in [0.15, 0.2) is 30.3 Å². The Bertz CT molecular complexity index is 541. The van der Waals surface area contributed by atoms with Gasteiger partial charge in [0.25, 0.3) is 5.69 Å². The van der Waals surface area contributed by atoms with Crippen molar-refractivity contribution in [1.29, 1.82) is 0 Å². The number of nitro groups is 1. The first-order chi connectivity index (χ1) is 7.08. The Morgan fingerprint density at radius 2 is 1.73 bits per heavy atom. The van der Waals surface area contributed by atoms with Crippen LogP contribution < -0.4 is 0 Å². The molecule has 2 aromatic rings. The van der Waals surface area contributed by atoms with Gasteiger partial charge < -0.3 is 0 Å². The van der Waals surface area contributed by atoms with Crippen LogP contribution in [0.1, 0.15) is 11.1 Å². The Morgan fingerprint density at radius 1 is 1.07 bits per heavy atom. The van der Waals surface area contributed by atoms with E-state index < -0.39 is 0 Å². The predicted octanol–water partition coefficient (Wildman–Crippen LogP) is 3.36. The molecule has 0 aliphatic heterocycles. The zero-order valence-electron chi connectivity index (χ0n) is 8.65. The average molecular weight is 201 g/mol. The minimum Gasteiger partial charge on any atom is -0.258 e. The molecule has 0 unspecified atom stereocenters. The highest BCUT2D eigenvalue weighted by Gasteiger charge is 2.11. The molecule has 15 heavy (non-hydrogen) atoms. The number of benzene rings is 2. The van der Waals surface area contributed by atoms with Crippen molar-refractivity contribution in [3.8, 4) is 0 Å². The van der Waals surface area contributed by atoms with E-state index in [0.29, 0.717) is 5.39 Å². The van der Waals surface area contributed by atoms with E-state index in [9.17, 15) is 10.1 Å². The van der Waals surface area contributed by atoms with E-state index in [1.165, 1.54) is 0 Å². The Balaban J connectivity index is 2.86. The smallest absolute Gasteiger partial charge is 0.258 e. The highest BCUT2D eigenvalue weighted by Crippen LogP contribution is 2.27. The summed E-state index contributed by atoms with van der Waals surface area (Å²) in [6.07, 6.45) is 0. The lowest BCUT2D eigenvalue weighted by molar-refractivity contribution is -0.383.